The average Bonchev–Trinajstić information content (AvgIpc) is 2.47. The van der Waals surface area contributed by atoms with Crippen LogP contribution in [0.3, 0.4) is 0 Å². The molecule has 0 spiro atoms. The van der Waals surface area contributed by atoms with Crippen molar-refractivity contribution in [3.63, 3.8) is 0 Å². The number of nitrogens with zero attached hydrogens (tertiary/aromatic N) is 1. The van der Waals surface area contributed by atoms with E-state index >= 15 is 0 Å². The minimum Gasteiger partial charge on any atom is -0.490 e. The molecule has 0 aliphatic carbocycles. The van der Waals surface area contributed by atoms with Gasteiger partial charge in [-0.1, -0.05) is 6.07 Å². The maximum Gasteiger partial charge on any atom is 0.311 e. The maximum atomic E-state index is 13.2. The summed E-state index contributed by atoms with van der Waals surface area (Å²) >= 11 is 1.32. The van der Waals surface area contributed by atoms with Gasteiger partial charge in [0.15, 0.2) is 5.75 Å². The van der Waals surface area contributed by atoms with Crippen LogP contribution in [0.1, 0.15) is 5.56 Å². The van der Waals surface area contributed by atoms with E-state index in [1.54, 1.807) is 12.1 Å². The number of hydrogen-bond acceptors (Lipinski definition) is 5. The molecule has 0 aliphatic heterocycles. The van der Waals surface area contributed by atoms with Gasteiger partial charge in [-0.2, -0.15) is 0 Å². The van der Waals surface area contributed by atoms with E-state index in [2.05, 4.69) is 0 Å². The number of rotatable bonds is 5. The number of anilines is 1. The zero-order chi connectivity index (χ0) is 15.4. The first-order valence-electron chi connectivity index (χ1n) is 6.00. The molecule has 0 amide bonds. The van der Waals surface area contributed by atoms with Crippen molar-refractivity contribution in [1.29, 1.82) is 0 Å². The number of nitro benzene ring substituents is 1. The number of hydrogen-bond donors (Lipinski definition) is 1. The van der Waals surface area contributed by atoms with Crippen molar-refractivity contribution in [3.8, 4) is 5.75 Å². The van der Waals surface area contributed by atoms with Crippen LogP contribution in [0.5, 0.6) is 5.75 Å². The Labute approximate surface area is 125 Å². The van der Waals surface area contributed by atoms with Gasteiger partial charge >= 0.3 is 5.69 Å². The first-order chi connectivity index (χ1) is 10.0. The molecule has 0 radical (unpaired) electrons. The zero-order valence-electron chi connectivity index (χ0n) is 11.2. The summed E-state index contributed by atoms with van der Waals surface area (Å²) in [4.78, 5) is 11.1. The molecule has 0 fully saturated rings. The van der Waals surface area contributed by atoms with Gasteiger partial charge in [-0.25, -0.2) is 4.39 Å². The lowest BCUT2D eigenvalue weighted by molar-refractivity contribution is -0.385. The van der Waals surface area contributed by atoms with Gasteiger partial charge in [-0.15, -0.1) is 11.8 Å². The Hall–Kier alpha value is -2.28. The summed E-state index contributed by atoms with van der Waals surface area (Å²) in [6, 6.07) is 8.85. The van der Waals surface area contributed by atoms with Crippen LogP contribution < -0.4 is 10.5 Å². The highest BCUT2D eigenvalue weighted by Gasteiger charge is 2.15. The maximum absolute atomic E-state index is 13.2. The summed E-state index contributed by atoms with van der Waals surface area (Å²) in [5.74, 6) is 0.282. The largest absolute Gasteiger partial charge is 0.490 e. The number of thioether (sulfide) groups is 1. The summed E-state index contributed by atoms with van der Waals surface area (Å²) in [5.41, 5.74) is 6.88. The first kappa shape index (κ1) is 15.1. The van der Waals surface area contributed by atoms with Crippen LogP contribution in [-0.2, 0) is 5.75 Å². The third-order valence-electron chi connectivity index (χ3n) is 2.81. The molecule has 0 bridgehead atoms. The number of nitro groups is 1. The van der Waals surface area contributed by atoms with Crippen LogP contribution in [0.15, 0.2) is 41.3 Å². The Bertz CT molecular complexity index is 679. The fraction of sp³-hybridized carbons (Fsp3) is 0.143. The number of methoxy groups -OCH3 is 1. The molecule has 0 aliphatic rings. The van der Waals surface area contributed by atoms with Crippen molar-refractivity contribution in [3.05, 3.63) is 57.9 Å². The van der Waals surface area contributed by atoms with Gasteiger partial charge in [-0.05, 0) is 29.8 Å². The van der Waals surface area contributed by atoms with Crippen molar-refractivity contribution >= 4 is 23.1 Å². The molecule has 2 N–H and O–H groups in total. The smallest absolute Gasteiger partial charge is 0.311 e. The summed E-state index contributed by atoms with van der Waals surface area (Å²) in [5, 5.41) is 11.0. The Morgan fingerprint density at radius 2 is 2.10 bits per heavy atom. The number of halogens is 1. The fourth-order valence-electron chi connectivity index (χ4n) is 1.76. The van der Waals surface area contributed by atoms with Crippen molar-refractivity contribution in [2.75, 3.05) is 12.8 Å². The normalized spacial score (nSPS) is 10.4. The van der Waals surface area contributed by atoms with E-state index in [1.807, 2.05) is 0 Å². The molecule has 110 valence electrons. The van der Waals surface area contributed by atoms with Crippen molar-refractivity contribution in [2.24, 2.45) is 0 Å². The van der Waals surface area contributed by atoms with Crippen LogP contribution in [0.25, 0.3) is 0 Å². The Balaban J connectivity index is 2.18. The number of ether oxygens (including phenoxy) is 1. The molecule has 0 saturated heterocycles. The number of nitrogens with two attached hydrogens (primary N) is 1. The van der Waals surface area contributed by atoms with Gasteiger partial charge in [0.25, 0.3) is 0 Å². The molecule has 0 heterocycles. The lowest BCUT2D eigenvalue weighted by Crippen LogP contribution is -1.95. The average molecular weight is 308 g/mol. The second-order valence-electron chi connectivity index (χ2n) is 4.23. The zero-order valence-corrected chi connectivity index (χ0v) is 12.0. The SMILES string of the molecule is COc1ccc(CSc2cc(F)ccc2N)cc1[N+](=O)[O-]. The van der Waals surface area contributed by atoms with Gasteiger partial charge < -0.3 is 10.5 Å². The Kier molecular flexibility index (Phi) is 4.64. The van der Waals surface area contributed by atoms with E-state index in [4.69, 9.17) is 10.5 Å². The van der Waals surface area contributed by atoms with Crippen LogP contribution in [0.2, 0.25) is 0 Å². The summed E-state index contributed by atoms with van der Waals surface area (Å²) < 4.78 is 18.1. The molecular formula is C14H13FN2O3S. The van der Waals surface area contributed by atoms with Crippen molar-refractivity contribution < 1.29 is 14.1 Å². The van der Waals surface area contributed by atoms with E-state index in [0.29, 0.717) is 16.3 Å². The lowest BCUT2D eigenvalue weighted by Gasteiger charge is -2.07. The second-order valence-corrected chi connectivity index (χ2v) is 5.25. The monoisotopic (exact) mass is 308 g/mol. The van der Waals surface area contributed by atoms with Crippen LogP contribution in [-0.4, -0.2) is 12.0 Å². The quantitative estimate of drug-likeness (QED) is 0.395. The summed E-state index contributed by atoms with van der Waals surface area (Å²) in [7, 11) is 1.38. The molecule has 0 saturated carbocycles. The van der Waals surface area contributed by atoms with Crippen LogP contribution >= 0.6 is 11.8 Å². The van der Waals surface area contributed by atoms with E-state index in [1.165, 1.54) is 43.1 Å². The molecule has 0 unspecified atom stereocenters. The van der Waals surface area contributed by atoms with Crippen LogP contribution in [0, 0.1) is 15.9 Å². The molecule has 0 atom stereocenters. The summed E-state index contributed by atoms with van der Waals surface area (Å²) in [6.45, 7) is 0. The topological polar surface area (TPSA) is 78.4 Å². The molecule has 2 rings (SSSR count). The highest BCUT2D eigenvalue weighted by atomic mass is 32.2. The summed E-state index contributed by atoms with van der Waals surface area (Å²) in [6.07, 6.45) is 0. The molecule has 5 nitrogen and oxygen atoms in total. The predicted octanol–water partition coefficient (Wildman–Crippen LogP) is 3.62. The van der Waals surface area contributed by atoms with Crippen LogP contribution in [0.4, 0.5) is 15.8 Å². The van der Waals surface area contributed by atoms with E-state index < -0.39 is 4.92 Å². The van der Waals surface area contributed by atoms with E-state index in [9.17, 15) is 14.5 Å². The van der Waals surface area contributed by atoms with E-state index in [-0.39, 0.29) is 17.3 Å². The number of nitrogen functional groups attached to an aromatic ring is 1. The third kappa shape index (κ3) is 3.63. The van der Waals surface area contributed by atoms with Crippen molar-refractivity contribution in [2.45, 2.75) is 10.6 Å². The number of benzene rings is 2. The first-order valence-corrected chi connectivity index (χ1v) is 6.99. The van der Waals surface area contributed by atoms with Gasteiger partial charge in [0.1, 0.15) is 5.82 Å². The molecule has 7 heteroatoms. The van der Waals surface area contributed by atoms with Crippen molar-refractivity contribution in [1.82, 2.24) is 0 Å². The van der Waals surface area contributed by atoms with Gasteiger partial charge in [-0.3, -0.25) is 10.1 Å². The second kappa shape index (κ2) is 6.45. The lowest BCUT2D eigenvalue weighted by atomic mass is 10.2. The van der Waals surface area contributed by atoms with Gasteiger partial charge in [0, 0.05) is 22.4 Å². The molecule has 2 aromatic carbocycles. The molecule has 21 heavy (non-hydrogen) atoms. The standard InChI is InChI=1S/C14H13FN2O3S/c1-20-13-5-2-9(6-12(13)17(18)19)8-21-14-7-10(15)3-4-11(14)16/h2-7H,8,16H2,1H3. The van der Waals surface area contributed by atoms with Gasteiger partial charge in [0.05, 0.1) is 12.0 Å². The van der Waals surface area contributed by atoms with E-state index in [0.717, 1.165) is 5.56 Å². The molecule has 2 aromatic rings. The third-order valence-corrected chi connectivity index (χ3v) is 3.95. The Morgan fingerprint density at radius 3 is 2.76 bits per heavy atom. The highest BCUT2D eigenvalue weighted by Crippen LogP contribution is 2.32. The Morgan fingerprint density at radius 1 is 1.33 bits per heavy atom. The predicted molar refractivity (Wildman–Crippen MR) is 80.0 cm³/mol. The fourth-order valence-corrected chi connectivity index (χ4v) is 2.69. The minimum absolute atomic E-state index is 0.0946. The molecular weight excluding hydrogens is 295 g/mol. The van der Waals surface area contributed by atoms with Gasteiger partial charge in [0.2, 0.25) is 0 Å². The molecule has 0 aromatic heterocycles. The highest BCUT2D eigenvalue weighted by molar-refractivity contribution is 7.98. The minimum atomic E-state index is -0.496.